The number of hydrogen-bond donors (Lipinski definition) is 2. The maximum Gasteiger partial charge on any atom is 0.270 e. The van der Waals surface area contributed by atoms with Crippen LogP contribution in [0.2, 0.25) is 0 Å². The second kappa shape index (κ2) is 5.18. The van der Waals surface area contributed by atoms with Crippen molar-refractivity contribution in [3.63, 3.8) is 0 Å². The van der Waals surface area contributed by atoms with Crippen LogP contribution in [-0.4, -0.2) is 40.6 Å². The van der Waals surface area contributed by atoms with Crippen molar-refractivity contribution in [1.29, 1.82) is 0 Å². The molecule has 0 fully saturated rings. The number of carbonyl (C=O) groups excluding carboxylic acids is 1. The Hall–Kier alpha value is -1.88. The molecule has 2 N–H and O–H groups in total. The zero-order chi connectivity index (χ0) is 13.1. The Kier molecular flexibility index (Phi) is 3.62. The first kappa shape index (κ1) is 12.6. The molecule has 5 heteroatoms. The molecule has 4 nitrogen and oxygen atoms in total. The molecule has 0 radical (unpaired) electrons. The minimum absolute atomic E-state index is 0.0750. The molecule has 18 heavy (non-hydrogen) atoms. The second-order valence-corrected chi connectivity index (χ2v) is 4.02. The minimum atomic E-state index is -0.330. The van der Waals surface area contributed by atoms with Crippen LogP contribution in [0, 0.1) is 5.82 Å². The van der Waals surface area contributed by atoms with E-state index in [-0.39, 0.29) is 18.3 Å². The maximum atomic E-state index is 13.1. The summed E-state index contributed by atoms with van der Waals surface area (Å²) in [5.41, 5.74) is 1.13. The number of amides is 1. The predicted octanol–water partition coefficient (Wildman–Crippen LogP) is 1.76. The standard InChI is InChI=1S/C13H15FN2O2/c1-2-16(5-6-17)13(18)12-8-9-7-10(14)3-4-11(9)15-12/h3-4,7-8,15,17H,2,5-6H2,1H3. The summed E-state index contributed by atoms with van der Waals surface area (Å²) in [5, 5.41) is 9.55. The van der Waals surface area contributed by atoms with E-state index in [0.717, 1.165) is 5.52 Å². The van der Waals surface area contributed by atoms with E-state index in [1.54, 1.807) is 12.1 Å². The fourth-order valence-electron chi connectivity index (χ4n) is 1.91. The van der Waals surface area contributed by atoms with Crippen molar-refractivity contribution >= 4 is 16.8 Å². The van der Waals surface area contributed by atoms with E-state index in [9.17, 15) is 9.18 Å². The monoisotopic (exact) mass is 250 g/mol. The normalized spacial score (nSPS) is 10.8. The van der Waals surface area contributed by atoms with Crippen molar-refractivity contribution in [2.45, 2.75) is 6.92 Å². The Labute approximate surface area is 104 Å². The average molecular weight is 250 g/mol. The SMILES string of the molecule is CCN(CCO)C(=O)c1cc2cc(F)ccc2[nH]1. The summed E-state index contributed by atoms with van der Waals surface area (Å²) in [4.78, 5) is 16.6. The fraction of sp³-hybridized carbons (Fsp3) is 0.308. The molecule has 96 valence electrons. The summed E-state index contributed by atoms with van der Waals surface area (Å²) in [6.07, 6.45) is 0. The maximum absolute atomic E-state index is 13.1. The van der Waals surface area contributed by atoms with Gasteiger partial charge in [0.1, 0.15) is 11.5 Å². The van der Waals surface area contributed by atoms with Crippen LogP contribution >= 0.6 is 0 Å². The number of aromatic nitrogens is 1. The van der Waals surface area contributed by atoms with Crippen LogP contribution in [0.1, 0.15) is 17.4 Å². The van der Waals surface area contributed by atoms with Gasteiger partial charge in [-0.3, -0.25) is 4.79 Å². The zero-order valence-electron chi connectivity index (χ0n) is 10.1. The molecule has 0 saturated carbocycles. The Morgan fingerprint density at radius 2 is 2.22 bits per heavy atom. The highest BCUT2D eigenvalue weighted by Crippen LogP contribution is 2.17. The van der Waals surface area contributed by atoms with Crippen molar-refractivity contribution in [2.24, 2.45) is 0 Å². The van der Waals surface area contributed by atoms with Gasteiger partial charge in [-0.15, -0.1) is 0 Å². The molecule has 1 aromatic carbocycles. The smallest absolute Gasteiger partial charge is 0.270 e. The molecule has 1 aromatic heterocycles. The van der Waals surface area contributed by atoms with Crippen LogP contribution in [0.3, 0.4) is 0 Å². The van der Waals surface area contributed by atoms with Gasteiger partial charge < -0.3 is 15.0 Å². The average Bonchev–Trinajstić information content (AvgIpc) is 2.77. The van der Waals surface area contributed by atoms with E-state index in [2.05, 4.69) is 4.98 Å². The summed E-state index contributed by atoms with van der Waals surface area (Å²) in [7, 11) is 0. The minimum Gasteiger partial charge on any atom is -0.395 e. The number of hydrogen-bond acceptors (Lipinski definition) is 2. The Morgan fingerprint density at radius 1 is 1.44 bits per heavy atom. The van der Waals surface area contributed by atoms with Crippen LogP contribution in [0.4, 0.5) is 4.39 Å². The van der Waals surface area contributed by atoms with Gasteiger partial charge in [-0.2, -0.15) is 0 Å². The molecular formula is C13H15FN2O2. The predicted molar refractivity (Wildman–Crippen MR) is 66.9 cm³/mol. The van der Waals surface area contributed by atoms with E-state index >= 15 is 0 Å². The number of nitrogens with zero attached hydrogens (tertiary/aromatic N) is 1. The molecule has 0 unspecified atom stereocenters. The van der Waals surface area contributed by atoms with Gasteiger partial charge in [0, 0.05) is 24.0 Å². The number of carbonyl (C=O) groups is 1. The lowest BCUT2D eigenvalue weighted by Crippen LogP contribution is -2.33. The van der Waals surface area contributed by atoms with E-state index in [1.807, 2.05) is 6.92 Å². The number of aromatic amines is 1. The van der Waals surface area contributed by atoms with Crippen molar-refractivity contribution in [1.82, 2.24) is 9.88 Å². The summed E-state index contributed by atoms with van der Waals surface area (Å²) < 4.78 is 13.1. The molecule has 0 aliphatic heterocycles. The molecule has 0 spiro atoms. The molecule has 1 amide bonds. The molecule has 2 rings (SSSR count). The lowest BCUT2D eigenvalue weighted by atomic mass is 10.2. The third kappa shape index (κ3) is 2.36. The number of fused-ring (bicyclic) bond motifs is 1. The van der Waals surface area contributed by atoms with Crippen molar-refractivity contribution in [3.8, 4) is 0 Å². The summed E-state index contributed by atoms with van der Waals surface area (Å²) in [5.74, 6) is -0.522. The summed E-state index contributed by atoms with van der Waals surface area (Å²) in [6.45, 7) is 2.58. The van der Waals surface area contributed by atoms with Crippen LogP contribution in [0.25, 0.3) is 10.9 Å². The number of aliphatic hydroxyl groups is 1. The molecule has 1 heterocycles. The van der Waals surface area contributed by atoms with Crippen LogP contribution in [0.5, 0.6) is 0 Å². The number of halogens is 1. The Balaban J connectivity index is 2.32. The first-order valence-corrected chi connectivity index (χ1v) is 5.84. The van der Waals surface area contributed by atoms with Crippen molar-refractivity contribution in [2.75, 3.05) is 19.7 Å². The van der Waals surface area contributed by atoms with Gasteiger partial charge in [0.25, 0.3) is 5.91 Å². The zero-order valence-corrected chi connectivity index (χ0v) is 10.1. The molecule has 0 aliphatic rings. The topological polar surface area (TPSA) is 56.3 Å². The van der Waals surface area contributed by atoms with E-state index in [1.165, 1.54) is 17.0 Å². The third-order valence-corrected chi connectivity index (χ3v) is 2.85. The lowest BCUT2D eigenvalue weighted by Gasteiger charge is -2.18. The summed E-state index contributed by atoms with van der Waals surface area (Å²) >= 11 is 0. The fourth-order valence-corrected chi connectivity index (χ4v) is 1.91. The largest absolute Gasteiger partial charge is 0.395 e. The van der Waals surface area contributed by atoms with E-state index in [4.69, 9.17) is 5.11 Å². The van der Waals surface area contributed by atoms with Gasteiger partial charge in [-0.05, 0) is 31.2 Å². The quantitative estimate of drug-likeness (QED) is 0.868. The lowest BCUT2D eigenvalue weighted by molar-refractivity contribution is 0.0727. The third-order valence-electron chi connectivity index (χ3n) is 2.85. The Bertz CT molecular complexity index is 565. The number of rotatable bonds is 4. The number of likely N-dealkylation sites (N-methyl/N-ethyl adjacent to an activating group) is 1. The number of benzene rings is 1. The molecule has 0 aliphatic carbocycles. The van der Waals surface area contributed by atoms with Crippen LogP contribution < -0.4 is 0 Å². The first-order chi connectivity index (χ1) is 8.65. The van der Waals surface area contributed by atoms with Gasteiger partial charge in [0.15, 0.2) is 0 Å². The number of nitrogens with one attached hydrogen (secondary N) is 1. The highest BCUT2D eigenvalue weighted by molar-refractivity contribution is 5.98. The van der Waals surface area contributed by atoms with Gasteiger partial charge in [-0.1, -0.05) is 0 Å². The summed E-state index contributed by atoms with van der Waals surface area (Å²) in [6, 6.07) is 5.95. The van der Waals surface area contributed by atoms with Crippen molar-refractivity contribution < 1.29 is 14.3 Å². The van der Waals surface area contributed by atoms with E-state index < -0.39 is 0 Å². The molecule has 0 bridgehead atoms. The number of aliphatic hydroxyl groups excluding tert-OH is 1. The molecule has 0 saturated heterocycles. The highest BCUT2D eigenvalue weighted by Gasteiger charge is 2.15. The first-order valence-electron chi connectivity index (χ1n) is 5.84. The highest BCUT2D eigenvalue weighted by atomic mass is 19.1. The van der Waals surface area contributed by atoms with Crippen LogP contribution in [-0.2, 0) is 0 Å². The Morgan fingerprint density at radius 3 is 2.89 bits per heavy atom. The van der Waals surface area contributed by atoms with E-state index in [0.29, 0.717) is 24.2 Å². The van der Waals surface area contributed by atoms with Gasteiger partial charge in [0.2, 0.25) is 0 Å². The molecular weight excluding hydrogens is 235 g/mol. The van der Waals surface area contributed by atoms with Crippen LogP contribution in [0.15, 0.2) is 24.3 Å². The van der Waals surface area contributed by atoms with Gasteiger partial charge in [0.05, 0.1) is 6.61 Å². The van der Waals surface area contributed by atoms with Gasteiger partial charge >= 0.3 is 0 Å². The number of H-pyrrole nitrogens is 1. The second-order valence-electron chi connectivity index (χ2n) is 4.02. The molecule has 2 aromatic rings. The van der Waals surface area contributed by atoms with Gasteiger partial charge in [-0.25, -0.2) is 4.39 Å². The molecule has 0 atom stereocenters. The van der Waals surface area contributed by atoms with Crippen molar-refractivity contribution in [3.05, 3.63) is 35.8 Å².